The zero-order valence-electron chi connectivity index (χ0n) is 11.1. The zero-order chi connectivity index (χ0) is 13.9. The van der Waals surface area contributed by atoms with Crippen LogP contribution in [0.2, 0.25) is 0 Å². The molecule has 106 valence electrons. The average molecular weight is 291 g/mol. The molecule has 0 saturated carbocycles. The monoisotopic (exact) mass is 291 g/mol. The molecule has 1 unspecified atom stereocenters. The van der Waals surface area contributed by atoms with E-state index in [1.165, 1.54) is 12.5 Å². The summed E-state index contributed by atoms with van der Waals surface area (Å²) >= 11 is 1.59. The van der Waals surface area contributed by atoms with E-state index < -0.39 is 6.10 Å². The molecule has 1 aliphatic rings. The maximum absolute atomic E-state index is 12.2. The number of thiophene rings is 1. The Balaban J connectivity index is 1.58. The highest BCUT2D eigenvalue weighted by molar-refractivity contribution is 7.10. The van der Waals surface area contributed by atoms with Crippen molar-refractivity contribution in [2.75, 3.05) is 13.1 Å². The van der Waals surface area contributed by atoms with Gasteiger partial charge in [0.1, 0.15) is 6.26 Å². The minimum atomic E-state index is -0.402. The van der Waals surface area contributed by atoms with Crippen molar-refractivity contribution in [1.82, 2.24) is 4.90 Å². The molecule has 5 heteroatoms. The number of aliphatic hydroxyl groups is 1. The summed E-state index contributed by atoms with van der Waals surface area (Å²) in [6.07, 6.45) is 4.27. The predicted octanol–water partition coefficient (Wildman–Crippen LogP) is 2.93. The summed E-state index contributed by atoms with van der Waals surface area (Å²) in [5, 5.41) is 12.3. The summed E-state index contributed by atoms with van der Waals surface area (Å²) < 4.78 is 4.95. The quantitative estimate of drug-likeness (QED) is 0.946. The SMILES string of the molecule is O=C(c1ccoc1)N1CCC(C(O)c2cccs2)CC1. The number of piperidine rings is 1. The second kappa shape index (κ2) is 5.81. The number of rotatable bonds is 3. The highest BCUT2D eigenvalue weighted by Crippen LogP contribution is 2.33. The van der Waals surface area contributed by atoms with E-state index in [1.54, 1.807) is 17.4 Å². The van der Waals surface area contributed by atoms with Crippen molar-refractivity contribution in [3.05, 3.63) is 46.5 Å². The van der Waals surface area contributed by atoms with Gasteiger partial charge in [-0.15, -0.1) is 11.3 Å². The molecule has 1 aliphatic heterocycles. The third-order valence-corrected chi connectivity index (χ3v) is 4.82. The Morgan fingerprint density at radius 1 is 1.40 bits per heavy atom. The van der Waals surface area contributed by atoms with Crippen LogP contribution in [0.25, 0.3) is 0 Å². The van der Waals surface area contributed by atoms with E-state index in [1.807, 2.05) is 22.4 Å². The van der Waals surface area contributed by atoms with Crippen LogP contribution < -0.4 is 0 Å². The van der Waals surface area contributed by atoms with Crippen LogP contribution in [0.4, 0.5) is 0 Å². The Labute approximate surface area is 121 Å². The minimum Gasteiger partial charge on any atom is -0.472 e. The zero-order valence-corrected chi connectivity index (χ0v) is 11.9. The third-order valence-electron chi connectivity index (χ3n) is 3.88. The highest BCUT2D eigenvalue weighted by atomic mass is 32.1. The van der Waals surface area contributed by atoms with Gasteiger partial charge in [-0.3, -0.25) is 4.79 Å². The molecule has 2 aromatic rings. The Morgan fingerprint density at radius 2 is 2.20 bits per heavy atom. The highest BCUT2D eigenvalue weighted by Gasteiger charge is 2.29. The molecule has 0 aliphatic carbocycles. The predicted molar refractivity (Wildman–Crippen MR) is 76.6 cm³/mol. The Hall–Kier alpha value is -1.59. The van der Waals surface area contributed by atoms with Gasteiger partial charge in [0.25, 0.3) is 5.91 Å². The van der Waals surface area contributed by atoms with Crippen LogP contribution in [-0.4, -0.2) is 29.0 Å². The molecule has 1 atom stereocenters. The molecule has 3 rings (SSSR count). The molecule has 2 aromatic heterocycles. The van der Waals surface area contributed by atoms with E-state index in [4.69, 9.17) is 4.42 Å². The third kappa shape index (κ3) is 2.64. The van der Waals surface area contributed by atoms with E-state index in [0.717, 1.165) is 17.7 Å². The standard InChI is InChI=1S/C15H17NO3S/c17-14(13-2-1-9-20-13)11-3-6-16(7-4-11)15(18)12-5-8-19-10-12/h1-2,5,8-11,14,17H,3-4,6-7H2. The van der Waals surface area contributed by atoms with Gasteiger partial charge in [0, 0.05) is 18.0 Å². The molecule has 1 N–H and O–H groups in total. The lowest BCUT2D eigenvalue weighted by molar-refractivity contribution is 0.0473. The summed E-state index contributed by atoms with van der Waals surface area (Å²) in [4.78, 5) is 15.0. The molecule has 3 heterocycles. The largest absolute Gasteiger partial charge is 0.472 e. The van der Waals surface area contributed by atoms with Gasteiger partial charge in [-0.25, -0.2) is 0 Å². The minimum absolute atomic E-state index is 0.0165. The number of hydrogen-bond donors (Lipinski definition) is 1. The molecule has 4 nitrogen and oxygen atoms in total. The van der Waals surface area contributed by atoms with Gasteiger partial charge < -0.3 is 14.4 Å². The van der Waals surface area contributed by atoms with Crippen LogP contribution in [0.3, 0.4) is 0 Å². The number of furan rings is 1. The van der Waals surface area contributed by atoms with E-state index >= 15 is 0 Å². The fraction of sp³-hybridized carbons (Fsp3) is 0.400. The van der Waals surface area contributed by atoms with Crippen LogP contribution in [0, 0.1) is 5.92 Å². The Bertz CT molecular complexity index is 542. The van der Waals surface area contributed by atoms with Crippen LogP contribution in [0.5, 0.6) is 0 Å². The molecule has 1 amide bonds. The number of aliphatic hydroxyl groups excluding tert-OH is 1. The summed E-state index contributed by atoms with van der Waals surface area (Å²) in [6.45, 7) is 1.38. The van der Waals surface area contributed by atoms with Crippen molar-refractivity contribution in [2.45, 2.75) is 18.9 Å². The van der Waals surface area contributed by atoms with Crippen molar-refractivity contribution < 1.29 is 14.3 Å². The second-order valence-corrected chi connectivity index (χ2v) is 6.08. The van der Waals surface area contributed by atoms with E-state index in [9.17, 15) is 9.90 Å². The van der Waals surface area contributed by atoms with Crippen molar-refractivity contribution in [3.63, 3.8) is 0 Å². The summed E-state index contributed by atoms with van der Waals surface area (Å²) in [6, 6.07) is 5.62. The van der Waals surface area contributed by atoms with Crippen molar-refractivity contribution in [3.8, 4) is 0 Å². The van der Waals surface area contributed by atoms with Gasteiger partial charge in [0.15, 0.2) is 0 Å². The normalized spacial score (nSPS) is 18.1. The summed E-state index contributed by atoms with van der Waals surface area (Å²) in [5.41, 5.74) is 0.599. The van der Waals surface area contributed by atoms with Gasteiger partial charge in [0.2, 0.25) is 0 Å². The second-order valence-electron chi connectivity index (χ2n) is 5.10. The molecule has 20 heavy (non-hydrogen) atoms. The Morgan fingerprint density at radius 3 is 2.80 bits per heavy atom. The first-order valence-corrected chi connectivity index (χ1v) is 7.66. The molecule has 1 saturated heterocycles. The first-order chi connectivity index (χ1) is 9.75. The maximum Gasteiger partial charge on any atom is 0.257 e. The van der Waals surface area contributed by atoms with Crippen molar-refractivity contribution in [1.29, 1.82) is 0 Å². The van der Waals surface area contributed by atoms with Gasteiger partial charge in [-0.2, -0.15) is 0 Å². The van der Waals surface area contributed by atoms with Crippen LogP contribution >= 0.6 is 11.3 Å². The van der Waals surface area contributed by atoms with Gasteiger partial charge in [0.05, 0.1) is 17.9 Å². The molecule has 1 fully saturated rings. The number of hydrogen-bond acceptors (Lipinski definition) is 4. The molecular weight excluding hydrogens is 274 g/mol. The lowest BCUT2D eigenvalue weighted by Crippen LogP contribution is -2.39. The maximum atomic E-state index is 12.2. The smallest absolute Gasteiger partial charge is 0.257 e. The lowest BCUT2D eigenvalue weighted by atomic mass is 9.90. The van der Waals surface area contributed by atoms with Crippen LogP contribution in [0.15, 0.2) is 40.5 Å². The fourth-order valence-corrected chi connectivity index (χ4v) is 3.48. The number of nitrogens with zero attached hydrogens (tertiary/aromatic N) is 1. The number of likely N-dealkylation sites (tertiary alicyclic amines) is 1. The van der Waals surface area contributed by atoms with Gasteiger partial charge in [-0.05, 0) is 36.3 Å². The van der Waals surface area contributed by atoms with Crippen LogP contribution in [0.1, 0.15) is 34.2 Å². The molecular formula is C15H17NO3S. The lowest BCUT2D eigenvalue weighted by Gasteiger charge is -2.33. The molecule has 0 spiro atoms. The molecule has 0 bridgehead atoms. The number of carbonyl (C=O) groups is 1. The first-order valence-electron chi connectivity index (χ1n) is 6.78. The average Bonchev–Trinajstić information content (AvgIpc) is 3.18. The molecule has 0 radical (unpaired) electrons. The molecule has 0 aromatic carbocycles. The summed E-state index contributed by atoms with van der Waals surface area (Å²) in [7, 11) is 0. The number of carbonyl (C=O) groups excluding carboxylic acids is 1. The number of amides is 1. The summed E-state index contributed by atoms with van der Waals surface area (Å²) in [5.74, 6) is 0.255. The van der Waals surface area contributed by atoms with E-state index in [0.29, 0.717) is 18.7 Å². The van der Waals surface area contributed by atoms with Gasteiger partial charge >= 0.3 is 0 Å². The fourth-order valence-electron chi connectivity index (χ4n) is 2.68. The van der Waals surface area contributed by atoms with Crippen molar-refractivity contribution in [2.24, 2.45) is 5.92 Å². The van der Waals surface area contributed by atoms with Gasteiger partial charge in [-0.1, -0.05) is 6.07 Å². The first kappa shape index (κ1) is 13.4. The Kier molecular flexibility index (Phi) is 3.89. The topological polar surface area (TPSA) is 53.7 Å². The van der Waals surface area contributed by atoms with E-state index in [2.05, 4.69) is 0 Å². The van der Waals surface area contributed by atoms with Crippen molar-refractivity contribution >= 4 is 17.2 Å². The van der Waals surface area contributed by atoms with E-state index in [-0.39, 0.29) is 11.8 Å². The van der Waals surface area contributed by atoms with Crippen LogP contribution in [-0.2, 0) is 0 Å².